The molecule has 6 heteroatoms. The molecule has 0 radical (unpaired) electrons. The minimum atomic E-state index is -0.219. The van der Waals surface area contributed by atoms with E-state index in [9.17, 15) is 9.18 Å². The first kappa shape index (κ1) is 19.2. The molecule has 0 aliphatic carbocycles. The van der Waals surface area contributed by atoms with Crippen LogP contribution in [0, 0.1) is 5.82 Å². The number of halogens is 1. The van der Waals surface area contributed by atoms with Crippen molar-refractivity contribution in [2.75, 3.05) is 19.0 Å². The number of aromatic nitrogens is 1. The monoisotopic (exact) mass is 393 g/mol. The Balaban J connectivity index is 1.50. The standard InChI is InChI=1S/C23H24FN3O2/c1-26-20-11-12-27(14-16-7-9-18(24)10-8-16)15-17(20)13-21(26)23(28)25-19-5-3-4-6-22(19)29-2/h3-10,13H,11-12,14-15H2,1-2H3,(H,25,28). The summed E-state index contributed by atoms with van der Waals surface area (Å²) in [7, 11) is 3.52. The predicted molar refractivity (Wildman–Crippen MR) is 111 cm³/mol. The summed E-state index contributed by atoms with van der Waals surface area (Å²) < 4.78 is 20.4. The molecule has 1 aliphatic heterocycles. The number of carbonyl (C=O) groups is 1. The summed E-state index contributed by atoms with van der Waals surface area (Å²) in [6.07, 6.45) is 0.870. The lowest BCUT2D eigenvalue weighted by Gasteiger charge is -2.27. The molecule has 0 spiro atoms. The number of hydrogen-bond acceptors (Lipinski definition) is 3. The lowest BCUT2D eigenvalue weighted by atomic mass is 10.1. The van der Waals surface area contributed by atoms with Crippen LogP contribution in [0.2, 0.25) is 0 Å². The van der Waals surface area contributed by atoms with Crippen molar-refractivity contribution in [2.45, 2.75) is 19.5 Å². The first-order valence-electron chi connectivity index (χ1n) is 9.64. The van der Waals surface area contributed by atoms with Crippen molar-refractivity contribution in [3.05, 3.63) is 82.9 Å². The van der Waals surface area contributed by atoms with Crippen molar-refractivity contribution in [1.29, 1.82) is 0 Å². The van der Waals surface area contributed by atoms with Gasteiger partial charge in [-0.15, -0.1) is 0 Å². The van der Waals surface area contributed by atoms with E-state index in [1.54, 1.807) is 7.11 Å². The lowest BCUT2D eigenvalue weighted by molar-refractivity contribution is 0.101. The van der Waals surface area contributed by atoms with Gasteiger partial charge in [-0.3, -0.25) is 9.69 Å². The highest BCUT2D eigenvalue weighted by Crippen LogP contribution is 2.27. The number of nitrogens with one attached hydrogen (secondary N) is 1. The summed E-state index contributed by atoms with van der Waals surface area (Å²) >= 11 is 0. The van der Waals surface area contributed by atoms with E-state index in [2.05, 4.69) is 10.2 Å². The molecule has 2 heterocycles. The smallest absolute Gasteiger partial charge is 0.272 e. The molecular formula is C23H24FN3O2. The Morgan fingerprint density at radius 3 is 2.69 bits per heavy atom. The van der Waals surface area contributed by atoms with Crippen LogP contribution in [-0.2, 0) is 26.6 Å². The summed E-state index contributed by atoms with van der Waals surface area (Å²) in [4.78, 5) is 15.2. The van der Waals surface area contributed by atoms with Gasteiger partial charge in [0.25, 0.3) is 5.91 Å². The number of anilines is 1. The number of benzene rings is 2. The fourth-order valence-electron chi connectivity index (χ4n) is 3.89. The van der Waals surface area contributed by atoms with Gasteiger partial charge in [0.05, 0.1) is 12.8 Å². The van der Waals surface area contributed by atoms with E-state index in [0.717, 1.165) is 37.2 Å². The zero-order valence-electron chi connectivity index (χ0n) is 16.6. The number of ether oxygens (including phenoxy) is 1. The number of methoxy groups -OCH3 is 1. The van der Waals surface area contributed by atoms with E-state index in [-0.39, 0.29) is 11.7 Å². The van der Waals surface area contributed by atoms with E-state index in [1.165, 1.54) is 17.8 Å². The van der Waals surface area contributed by atoms with E-state index in [4.69, 9.17) is 4.74 Å². The van der Waals surface area contributed by atoms with Crippen molar-refractivity contribution >= 4 is 11.6 Å². The maximum atomic E-state index is 13.1. The van der Waals surface area contributed by atoms with Crippen molar-refractivity contribution in [2.24, 2.45) is 7.05 Å². The largest absolute Gasteiger partial charge is 0.495 e. The topological polar surface area (TPSA) is 46.5 Å². The van der Waals surface area contributed by atoms with Crippen LogP contribution in [0.3, 0.4) is 0 Å². The maximum absolute atomic E-state index is 13.1. The molecule has 0 fully saturated rings. The van der Waals surface area contributed by atoms with Gasteiger partial charge in [-0.05, 0) is 41.5 Å². The van der Waals surface area contributed by atoms with Crippen LogP contribution in [0.5, 0.6) is 5.75 Å². The first-order chi connectivity index (χ1) is 14.0. The van der Waals surface area contributed by atoms with Crippen LogP contribution in [0.25, 0.3) is 0 Å². The molecule has 150 valence electrons. The summed E-state index contributed by atoms with van der Waals surface area (Å²) in [5.74, 6) is 0.255. The van der Waals surface area contributed by atoms with Gasteiger partial charge in [-0.2, -0.15) is 0 Å². The normalized spacial score (nSPS) is 13.8. The van der Waals surface area contributed by atoms with Crippen LogP contribution < -0.4 is 10.1 Å². The molecular weight excluding hydrogens is 369 g/mol. The van der Waals surface area contributed by atoms with Crippen molar-refractivity contribution in [3.63, 3.8) is 0 Å². The second-order valence-corrected chi connectivity index (χ2v) is 7.30. The quantitative estimate of drug-likeness (QED) is 0.713. The highest BCUT2D eigenvalue weighted by molar-refractivity contribution is 6.04. The summed E-state index contributed by atoms with van der Waals surface area (Å²) in [6, 6.07) is 16.0. The number of carbonyl (C=O) groups excluding carboxylic acids is 1. The Kier molecular flexibility index (Phi) is 5.36. The molecule has 0 unspecified atom stereocenters. The van der Waals surface area contributed by atoms with Gasteiger partial charge in [0.15, 0.2) is 0 Å². The van der Waals surface area contributed by atoms with Gasteiger partial charge in [0.2, 0.25) is 0 Å². The molecule has 0 saturated heterocycles. The number of hydrogen-bond donors (Lipinski definition) is 1. The molecule has 3 aromatic rings. The molecule has 0 saturated carbocycles. The van der Waals surface area contributed by atoms with E-state index in [1.807, 2.05) is 54.1 Å². The van der Waals surface area contributed by atoms with Crippen LogP contribution in [-0.4, -0.2) is 29.0 Å². The van der Waals surface area contributed by atoms with Gasteiger partial charge >= 0.3 is 0 Å². The molecule has 0 atom stereocenters. The molecule has 1 N–H and O–H groups in total. The number of fused-ring (bicyclic) bond motifs is 1. The Labute approximate surface area is 169 Å². The molecule has 0 bridgehead atoms. The second-order valence-electron chi connectivity index (χ2n) is 7.30. The van der Waals surface area contributed by atoms with Crippen LogP contribution >= 0.6 is 0 Å². The Morgan fingerprint density at radius 2 is 1.93 bits per heavy atom. The van der Waals surface area contributed by atoms with Crippen molar-refractivity contribution in [3.8, 4) is 5.75 Å². The molecule has 1 aliphatic rings. The van der Waals surface area contributed by atoms with E-state index >= 15 is 0 Å². The molecule has 2 aromatic carbocycles. The Hall–Kier alpha value is -3.12. The Morgan fingerprint density at radius 1 is 1.17 bits per heavy atom. The zero-order chi connectivity index (χ0) is 20.4. The minimum absolute atomic E-state index is 0.156. The van der Waals surface area contributed by atoms with Gasteiger partial charge in [0.1, 0.15) is 17.3 Å². The summed E-state index contributed by atoms with van der Waals surface area (Å²) in [5, 5.41) is 2.95. The van der Waals surface area contributed by atoms with E-state index < -0.39 is 0 Å². The number of rotatable bonds is 5. The van der Waals surface area contributed by atoms with Crippen LogP contribution in [0.15, 0.2) is 54.6 Å². The second kappa shape index (κ2) is 8.09. The maximum Gasteiger partial charge on any atom is 0.272 e. The molecule has 1 aromatic heterocycles. The SMILES string of the molecule is COc1ccccc1NC(=O)c1cc2c(n1C)CCN(Cc1ccc(F)cc1)C2. The molecule has 1 amide bonds. The van der Waals surface area contributed by atoms with Gasteiger partial charge in [0, 0.05) is 38.8 Å². The number of para-hydroxylation sites is 2. The van der Waals surface area contributed by atoms with Gasteiger partial charge < -0.3 is 14.6 Å². The molecule has 29 heavy (non-hydrogen) atoms. The summed E-state index contributed by atoms with van der Waals surface area (Å²) in [5.41, 5.74) is 4.71. The van der Waals surface area contributed by atoms with Crippen LogP contribution in [0.1, 0.15) is 27.3 Å². The van der Waals surface area contributed by atoms with Crippen LogP contribution in [0.4, 0.5) is 10.1 Å². The van der Waals surface area contributed by atoms with Gasteiger partial charge in [-0.25, -0.2) is 4.39 Å². The lowest BCUT2D eigenvalue weighted by Crippen LogP contribution is -2.30. The third-order valence-corrected chi connectivity index (χ3v) is 5.41. The van der Waals surface area contributed by atoms with E-state index in [0.29, 0.717) is 17.1 Å². The highest BCUT2D eigenvalue weighted by atomic mass is 19.1. The average Bonchev–Trinajstić information content (AvgIpc) is 3.06. The first-order valence-corrected chi connectivity index (χ1v) is 9.64. The average molecular weight is 393 g/mol. The third kappa shape index (κ3) is 4.03. The fourth-order valence-corrected chi connectivity index (χ4v) is 3.89. The third-order valence-electron chi connectivity index (χ3n) is 5.41. The molecule has 4 rings (SSSR count). The van der Waals surface area contributed by atoms with Crippen molar-refractivity contribution in [1.82, 2.24) is 9.47 Å². The molecule has 5 nitrogen and oxygen atoms in total. The highest BCUT2D eigenvalue weighted by Gasteiger charge is 2.24. The number of nitrogens with zero attached hydrogens (tertiary/aromatic N) is 2. The summed E-state index contributed by atoms with van der Waals surface area (Å²) in [6.45, 7) is 2.43. The zero-order valence-corrected chi connectivity index (χ0v) is 16.6. The van der Waals surface area contributed by atoms with Crippen molar-refractivity contribution < 1.29 is 13.9 Å². The Bertz CT molecular complexity index is 1030. The predicted octanol–water partition coefficient (Wildman–Crippen LogP) is 3.98. The van der Waals surface area contributed by atoms with Gasteiger partial charge in [-0.1, -0.05) is 24.3 Å². The fraction of sp³-hybridized carbons (Fsp3) is 0.261. The minimum Gasteiger partial charge on any atom is -0.495 e. The number of amides is 1.